The molecule has 4 aromatic carbocycles. The van der Waals surface area contributed by atoms with Crippen molar-refractivity contribution in [2.45, 2.75) is 32.6 Å². The molecule has 0 heterocycles. The highest BCUT2D eigenvalue weighted by atomic mass is 16.5. The molecule has 7 nitrogen and oxygen atoms in total. The number of rotatable bonds is 12. The third-order valence-electron chi connectivity index (χ3n) is 6.31. The second-order valence-electron chi connectivity index (χ2n) is 9.30. The molecule has 2 N–H and O–H groups in total. The number of hydrogen-bond donors (Lipinski definition) is 2. The molecular weight excluding hydrogens is 508 g/mol. The van der Waals surface area contributed by atoms with Crippen molar-refractivity contribution in [1.82, 2.24) is 0 Å². The Hall–Kier alpha value is -4.62. The minimum atomic E-state index is -0.558. The molecule has 206 valence electrons. The van der Waals surface area contributed by atoms with Gasteiger partial charge in [-0.05, 0) is 97.3 Å². The SMILES string of the molecule is Cc1cc(OC(=O)c2ccc(OCCCCCCO)cc2)ccc1OC(=O)/C=C/c1ccc(O)c2ccccc12. The fourth-order valence-corrected chi connectivity index (χ4v) is 4.16. The molecule has 0 radical (unpaired) electrons. The van der Waals surface area contributed by atoms with E-state index in [2.05, 4.69) is 0 Å². The van der Waals surface area contributed by atoms with E-state index in [4.69, 9.17) is 19.3 Å². The Balaban J connectivity index is 1.30. The number of aliphatic hydroxyl groups is 1. The second kappa shape index (κ2) is 14.0. The van der Waals surface area contributed by atoms with Gasteiger partial charge in [0, 0.05) is 18.1 Å². The summed E-state index contributed by atoms with van der Waals surface area (Å²) in [7, 11) is 0. The van der Waals surface area contributed by atoms with Gasteiger partial charge < -0.3 is 24.4 Å². The Labute approximate surface area is 233 Å². The van der Waals surface area contributed by atoms with Crippen molar-refractivity contribution in [2.24, 2.45) is 0 Å². The number of aliphatic hydroxyl groups excluding tert-OH is 1. The lowest BCUT2D eigenvalue weighted by molar-refractivity contribution is -0.128. The van der Waals surface area contributed by atoms with Crippen LogP contribution < -0.4 is 14.2 Å². The van der Waals surface area contributed by atoms with Gasteiger partial charge in [0.25, 0.3) is 0 Å². The highest BCUT2D eigenvalue weighted by molar-refractivity contribution is 5.98. The van der Waals surface area contributed by atoms with E-state index in [0.717, 1.165) is 36.6 Å². The van der Waals surface area contributed by atoms with Crippen LogP contribution in [-0.2, 0) is 4.79 Å². The third-order valence-corrected chi connectivity index (χ3v) is 6.31. The predicted octanol–water partition coefficient (Wildman–Crippen LogP) is 6.62. The van der Waals surface area contributed by atoms with Gasteiger partial charge in [0.05, 0.1) is 12.2 Å². The highest BCUT2D eigenvalue weighted by Gasteiger charge is 2.12. The third kappa shape index (κ3) is 7.71. The van der Waals surface area contributed by atoms with Crippen LogP contribution in [0.4, 0.5) is 0 Å². The summed E-state index contributed by atoms with van der Waals surface area (Å²) < 4.78 is 16.7. The maximum absolute atomic E-state index is 12.6. The van der Waals surface area contributed by atoms with Crippen molar-refractivity contribution in [3.63, 3.8) is 0 Å². The quantitative estimate of drug-likeness (QED) is 0.0901. The zero-order chi connectivity index (χ0) is 28.3. The van der Waals surface area contributed by atoms with Crippen molar-refractivity contribution in [3.8, 4) is 23.0 Å². The van der Waals surface area contributed by atoms with Crippen molar-refractivity contribution < 1.29 is 34.0 Å². The molecule has 0 unspecified atom stereocenters. The van der Waals surface area contributed by atoms with E-state index in [0.29, 0.717) is 40.4 Å². The first-order valence-electron chi connectivity index (χ1n) is 13.2. The van der Waals surface area contributed by atoms with E-state index in [1.165, 1.54) is 6.08 Å². The number of hydrogen-bond acceptors (Lipinski definition) is 7. The molecule has 0 atom stereocenters. The summed E-state index contributed by atoms with van der Waals surface area (Å²) in [5, 5.41) is 20.4. The Bertz CT molecular complexity index is 1490. The molecule has 40 heavy (non-hydrogen) atoms. The lowest BCUT2D eigenvalue weighted by atomic mass is 10.0. The first-order chi connectivity index (χ1) is 19.4. The summed E-state index contributed by atoms with van der Waals surface area (Å²) in [6, 6.07) is 22.2. The van der Waals surface area contributed by atoms with E-state index in [-0.39, 0.29) is 12.4 Å². The van der Waals surface area contributed by atoms with Crippen LogP contribution in [0.1, 0.15) is 47.2 Å². The molecule has 0 saturated carbocycles. The fourth-order valence-electron chi connectivity index (χ4n) is 4.16. The molecule has 4 rings (SSSR count). The van der Waals surface area contributed by atoms with Crippen molar-refractivity contribution in [1.29, 1.82) is 0 Å². The van der Waals surface area contributed by atoms with Crippen molar-refractivity contribution in [3.05, 3.63) is 102 Å². The molecule has 0 fully saturated rings. The molecule has 0 saturated heterocycles. The van der Waals surface area contributed by atoms with E-state index < -0.39 is 11.9 Å². The molecule has 0 spiro atoms. The minimum absolute atomic E-state index is 0.176. The number of aryl methyl sites for hydroxylation is 1. The Kier molecular flexibility index (Phi) is 9.91. The summed E-state index contributed by atoms with van der Waals surface area (Å²) in [6.45, 7) is 2.55. The molecular formula is C33H32O7. The molecule has 0 amide bonds. The summed E-state index contributed by atoms with van der Waals surface area (Å²) in [5.74, 6) is 0.462. The van der Waals surface area contributed by atoms with E-state index in [9.17, 15) is 14.7 Å². The van der Waals surface area contributed by atoms with E-state index >= 15 is 0 Å². The van der Waals surface area contributed by atoms with Crippen LogP contribution in [0, 0.1) is 6.92 Å². The smallest absolute Gasteiger partial charge is 0.343 e. The van der Waals surface area contributed by atoms with Gasteiger partial charge in [-0.2, -0.15) is 0 Å². The summed E-state index contributed by atoms with van der Waals surface area (Å²) >= 11 is 0. The molecule has 7 heteroatoms. The number of aromatic hydroxyl groups is 1. The maximum atomic E-state index is 12.6. The van der Waals surface area contributed by atoms with Crippen molar-refractivity contribution in [2.75, 3.05) is 13.2 Å². The molecule has 4 aromatic rings. The number of unbranched alkanes of at least 4 members (excludes halogenated alkanes) is 3. The van der Waals surface area contributed by atoms with Gasteiger partial charge >= 0.3 is 11.9 Å². The number of phenolic OH excluding ortho intramolecular Hbond substituents is 1. The summed E-state index contributed by atoms with van der Waals surface area (Å²) in [4.78, 5) is 25.1. The van der Waals surface area contributed by atoms with Crippen molar-refractivity contribution >= 4 is 28.8 Å². The van der Waals surface area contributed by atoms with Gasteiger partial charge in [0.15, 0.2) is 0 Å². The molecule has 0 aliphatic heterocycles. The normalized spacial score (nSPS) is 11.1. The number of ether oxygens (including phenoxy) is 3. The number of esters is 2. The van der Waals surface area contributed by atoms with Crippen LogP contribution in [-0.4, -0.2) is 35.4 Å². The van der Waals surface area contributed by atoms with Gasteiger partial charge in [-0.15, -0.1) is 0 Å². The molecule has 0 aliphatic rings. The van der Waals surface area contributed by atoms with Gasteiger partial charge in [-0.3, -0.25) is 0 Å². The van der Waals surface area contributed by atoms with Crippen LogP contribution in [0.2, 0.25) is 0 Å². The lowest BCUT2D eigenvalue weighted by Crippen LogP contribution is -2.09. The first kappa shape index (κ1) is 28.4. The fraction of sp³-hybridized carbons (Fsp3) is 0.212. The monoisotopic (exact) mass is 540 g/mol. The zero-order valence-electron chi connectivity index (χ0n) is 22.3. The first-order valence-corrected chi connectivity index (χ1v) is 13.2. The Morgan fingerprint density at radius 3 is 2.27 bits per heavy atom. The van der Waals surface area contributed by atoms with Gasteiger partial charge in [0.1, 0.15) is 23.0 Å². The van der Waals surface area contributed by atoms with Gasteiger partial charge in [-0.1, -0.05) is 36.8 Å². The van der Waals surface area contributed by atoms with Crippen LogP contribution in [0.15, 0.2) is 84.9 Å². The topological polar surface area (TPSA) is 102 Å². The molecule has 0 aliphatic carbocycles. The highest BCUT2D eigenvalue weighted by Crippen LogP contribution is 2.28. The zero-order valence-corrected chi connectivity index (χ0v) is 22.3. The van der Waals surface area contributed by atoms with E-state index in [1.54, 1.807) is 67.6 Å². The number of fused-ring (bicyclic) bond motifs is 1. The Morgan fingerprint density at radius 1 is 0.800 bits per heavy atom. The number of phenols is 1. The largest absolute Gasteiger partial charge is 0.507 e. The second-order valence-corrected chi connectivity index (χ2v) is 9.30. The minimum Gasteiger partial charge on any atom is -0.507 e. The lowest BCUT2D eigenvalue weighted by Gasteiger charge is -2.10. The number of carbonyl (C=O) groups excluding carboxylic acids is 2. The van der Waals surface area contributed by atoms with Crippen LogP contribution in [0.25, 0.3) is 16.8 Å². The van der Waals surface area contributed by atoms with Gasteiger partial charge in [0.2, 0.25) is 0 Å². The van der Waals surface area contributed by atoms with Crippen LogP contribution in [0.3, 0.4) is 0 Å². The average Bonchev–Trinajstić information content (AvgIpc) is 2.96. The number of carbonyl (C=O) groups is 2. The predicted molar refractivity (Wildman–Crippen MR) is 154 cm³/mol. The number of benzene rings is 4. The average molecular weight is 541 g/mol. The standard InChI is InChI=1S/C33H32O7/c1-23-22-27(39-33(37)25-10-14-26(15-11-25)38-21-7-3-2-6-20-34)16-18-31(23)40-32(36)19-13-24-12-17-30(35)29-9-5-4-8-28(24)29/h4-5,8-19,22,34-35H,2-3,6-7,20-21H2,1H3/b19-13+. The molecule has 0 aromatic heterocycles. The van der Waals surface area contributed by atoms with Crippen LogP contribution >= 0.6 is 0 Å². The Morgan fingerprint density at radius 2 is 1.52 bits per heavy atom. The molecule has 0 bridgehead atoms. The summed E-state index contributed by atoms with van der Waals surface area (Å²) in [5.41, 5.74) is 1.79. The maximum Gasteiger partial charge on any atom is 0.343 e. The summed E-state index contributed by atoms with van der Waals surface area (Å²) in [6.07, 6.45) is 6.66. The van der Waals surface area contributed by atoms with Gasteiger partial charge in [-0.25, -0.2) is 9.59 Å². The van der Waals surface area contributed by atoms with E-state index in [1.807, 2.05) is 24.3 Å². The van der Waals surface area contributed by atoms with Crippen LogP contribution in [0.5, 0.6) is 23.0 Å².